The summed E-state index contributed by atoms with van der Waals surface area (Å²) in [6, 6.07) is 13.8. The molecule has 2 aromatic carbocycles. The molecule has 0 unspecified atom stereocenters. The van der Waals surface area contributed by atoms with E-state index in [1.807, 2.05) is 30.3 Å². The third-order valence-corrected chi connectivity index (χ3v) is 4.13. The summed E-state index contributed by atoms with van der Waals surface area (Å²) in [5, 5.41) is 11.9. The van der Waals surface area contributed by atoms with E-state index in [1.165, 1.54) is 5.56 Å². The van der Waals surface area contributed by atoms with Crippen LogP contribution in [0.1, 0.15) is 11.1 Å². The van der Waals surface area contributed by atoms with Gasteiger partial charge < -0.3 is 10.1 Å². The molecule has 0 bridgehead atoms. The Bertz CT molecular complexity index is 640. The second kappa shape index (κ2) is 7.48. The first kappa shape index (κ1) is 15.9. The fourth-order valence-corrected chi connectivity index (χ4v) is 3.57. The van der Waals surface area contributed by atoms with Gasteiger partial charge in [-0.05, 0) is 74.2 Å². The van der Waals surface area contributed by atoms with Crippen LogP contribution >= 0.6 is 31.9 Å². The number of hydrogen-bond acceptors (Lipinski definition) is 3. The molecule has 0 amide bonds. The van der Waals surface area contributed by atoms with Gasteiger partial charge in [-0.3, -0.25) is 0 Å². The van der Waals surface area contributed by atoms with Gasteiger partial charge in [0.2, 0.25) is 0 Å². The summed E-state index contributed by atoms with van der Waals surface area (Å²) in [5.74, 6) is 0.706. The van der Waals surface area contributed by atoms with Crippen LogP contribution in [-0.2, 0) is 6.54 Å². The van der Waals surface area contributed by atoms with Crippen molar-refractivity contribution in [1.82, 2.24) is 0 Å². The van der Waals surface area contributed by atoms with E-state index in [4.69, 9.17) is 10.00 Å². The SMILES string of the molecule is Cc1cc(Br)c(NCc2ccc(OCC#N)cc2)c(Br)c1. The summed E-state index contributed by atoms with van der Waals surface area (Å²) in [5.41, 5.74) is 3.36. The summed E-state index contributed by atoms with van der Waals surface area (Å²) >= 11 is 7.14. The topological polar surface area (TPSA) is 45.0 Å². The minimum atomic E-state index is 0.0703. The molecule has 0 spiro atoms. The van der Waals surface area contributed by atoms with E-state index >= 15 is 0 Å². The van der Waals surface area contributed by atoms with Crippen LogP contribution in [0, 0.1) is 18.3 Å². The average molecular weight is 410 g/mol. The molecule has 108 valence electrons. The third-order valence-electron chi connectivity index (χ3n) is 2.88. The number of hydrogen-bond donors (Lipinski definition) is 1. The minimum absolute atomic E-state index is 0.0703. The van der Waals surface area contributed by atoms with Crippen molar-refractivity contribution in [1.29, 1.82) is 5.26 Å². The van der Waals surface area contributed by atoms with Gasteiger partial charge in [0.1, 0.15) is 11.8 Å². The van der Waals surface area contributed by atoms with E-state index in [-0.39, 0.29) is 6.61 Å². The fourth-order valence-electron chi connectivity index (χ4n) is 1.88. The molecule has 0 saturated carbocycles. The molecular formula is C16H14Br2N2O. The molecule has 0 saturated heterocycles. The zero-order chi connectivity index (χ0) is 15.2. The second-order valence-electron chi connectivity index (χ2n) is 4.55. The average Bonchev–Trinajstić information content (AvgIpc) is 2.45. The maximum Gasteiger partial charge on any atom is 0.174 e. The molecule has 2 aromatic rings. The van der Waals surface area contributed by atoms with Gasteiger partial charge in [-0.15, -0.1) is 0 Å². The smallest absolute Gasteiger partial charge is 0.174 e. The summed E-state index contributed by atoms with van der Waals surface area (Å²) < 4.78 is 7.29. The van der Waals surface area contributed by atoms with E-state index in [2.05, 4.69) is 56.2 Å². The van der Waals surface area contributed by atoms with E-state index in [9.17, 15) is 0 Å². The van der Waals surface area contributed by atoms with Crippen molar-refractivity contribution < 1.29 is 4.74 Å². The van der Waals surface area contributed by atoms with Crippen LogP contribution in [0.25, 0.3) is 0 Å². The molecule has 0 heterocycles. The van der Waals surface area contributed by atoms with E-state index in [1.54, 1.807) is 0 Å². The zero-order valence-electron chi connectivity index (χ0n) is 11.5. The molecule has 0 fully saturated rings. The minimum Gasteiger partial charge on any atom is -0.479 e. The molecule has 0 radical (unpaired) electrons. The zero-order valence-corrected chi connectivity index (χ0v) is 14.7. The van der Waals surface area contributed by atoms with Gasteiger partial charge in [-0.25, -0.2) is 0 Å². The Labute approximate surface area is 141 Å². The molecule has 0 aliphatic heterocycles. The highest BCUT2D eigenvalue weighted by molar-refractivity contribution is 9.11. The highest BCUT2D eigenvalue weighted by atomic mass is 79.9. The van der Waals surface area contributed by atoms with E-state index in [0.29, 0.717) is 12.3 Å². The lowest BCUT2D eigenvalue weighted by molar-refractivity contribution is 0.368. The molecule has 1 N–H and O–H groups in total. The number of benzene rings is 2. The van der Waals surface area contributed by atoms with Crippen molar-refractivity contribution >= 4 is 37.5 Å². The summed E-state index contributed by atoms with van der Waals surface area (Å²) in [4.78, 5) is 0. The number of ether oxygens (including phenoxy) is 1. The Morgan fingerprint density at radius 1 is 1.14 bits per heavy atom. The van der Waals surface area contributed by atoms with Crippen LogP contribution in [0.4, 0.5) is 5.69 Å². The molecular weight excluding hydrogens is 396 g/mol. The predicted octanol–water partition coefficient (Wildman–Crippen LogP) is 5.03. The Balaban J connectivity index is 2.02. The van der Waals surface area contributed by atoms with Crippen LogP contribution in [0.3, 0.4) is 0 Å². The number of halogens is 2. The molecule has 0 aromatic heterocycles. The van der Waals surface area contributed by atoms with Gasteiger partial charge in [-0.1, -0.05) is 12.1 Å². The van der Waals surface area contributed by atoms with E-state index < -0.39 is 0 Å². The fraction of sp³-hybridized carbons (Fsp3) is 0.188. The first-order chi connectivity index (χ1) is 10.1. The number of nitrogens with zero attached hydrogens (tertiary/aromatic N) is 1. The molecule has 2 rings (SSSR count). The van der Waals surface area contributed by atoms with Crippen molar-refractivity contribution in [2.75, 3.05) is 11.9 Å². The highest BCUT2D eigenvalue weighted by Crippen LogP contribution is 2.32. The van der Waals surface area contributed by atoms with Gasteiger partial charge >= 0.3 is 0 Å². The standard InChI is InChI=1S/C16H14Br2N2O/c1-11-8-14(17)16(15(18)9-11)20-10-12-2-4-13(5-3-12)21-7-6-19/h2-5,8-9,20H,7,10H2,1H3. The Morgan fingerprint density at radius 2 is 1.76 bits per heavy atom. The van der Waals surface area contributed by atoms with Gasteiger partial charge in [0.05, 0.1) is 5.69 Å². The largest absolute Gasteiger partial charge is 0.479 e. The molecule has 0 aliphatic rings. The monoisotopic (exact) mass is 408 g/mol. The molecule has 21 heavy (non-hydrogen) atoms. The Kier molecular flexibility index (Phi) is 5.66. The van der Waals surface area contributed by atoms with Crippen LogP contribution in [0.5, 0.6) is 5.75 Å². The van der Waals surface area contributed by atoms with Crippen molar-refractivity contribution in [3.8, 4) is 11.8 Å². The first-order valence-corrected chi connectivity index (χ1v) is 7.97. The van der Waals surface area contributed by atoms with Crippen LogP contribution in [0.15, 0.2) is 45.3 Å². The first-order valence-electron chi connectivity index (χ1n) is 6.38. The lowest BCUT2D eigenvalue weighted by atomic mass is 10.2. The molecule has 0 aliphatic carbocycles. The van der Waals surface area contributed by atoms with Gasteiger partial charge in [0, 0.05) is 15.5 Å². The number of nitrogens with one attached hydrogen (secondary N) is 1. The predicted molar refractivity (Wildman–Crippen MR) is 91.5 cm³/mol. The number of nitriles is 1. The van der Waals surface area contributed by atoms with Gasteiger partial charge in [0.15, 0.2) is 6.61 Å². The van der Waals surface area contributed by atoms with Crippen molar-refractivity contribution in [3.63, 3.8) is 0 Å². The third kappa shape index (κ3) is 4.48. The lowest BCUT2D eigenvalue weighted by Gasteiger charge is -2.12. The Hall–Kier alpha value is -1.51. The van der Waals surface area contributed by atoms with Crippen LogP contribution < -0.4 is 10.1 Å². The number of rotatable bonds is 5. The van der Waals surface area contributed by atoms with E-state index in [0.717, 1.165) is 20.2 Å². The second-order valence-corrected chi connectivity index (χ2v) is 6.26. The van der Waals surface area contributed by atoms with Gasteiger partial charge in [-0.2, -0.15) is 5.26 Å². The quantitative estimate of drug-likeness (QED) is 0.752. The molecule has 0 atom stereocenters. The highest BCUT2D eigenvalue weighted by Gasteiger charge is 2.06. The Morgan fingerprint density at radius 3 is 2.33 bits per heavy atom. The van der Waals surface area contributed by atoms with Crippen molar-refractivity contribution in [2.45, 2.75) is 13.5 Å². The molecule has 5 heteroatoms. The summed E-state index contributed by atoms with van der Waals surface area (Å²) in [6.45, 7) is 2.83. The number of anilines is 1. The lowest BCUT2D eigenvalue weighted by Crippen LogP contribution is -2.01. The van der Waals surface area contributed by atoms with Crippen molar-refractivity contribution in [3.05, 3.63) is 56.5 Å². The maximum absolute atomic E-state index is 8.47. The normalized spacial score (nSPS) is 10.0. The van der Waals surface area contributed by atoms with Crippen molar-refractivity contribution in [2.24, 2.45) is 0 Å². The number of aryl methyl sites for hydroxylation is 1. The summed E-state index contributed by atoms with van der Waals surface area (Å²) in [6.07, 6.45) is 0. The summed E-state index contributed by atoms with van der Waals surface area (Å²) in [7, 11) is 0. The van der Waals surface area contributed by atoms with Crippen LogP contribution in [0.2, 0.25) is 0 Å². The van der Waals surface area contributed by atoms with Crippen LogP contribution in [-0.4, -0.2) is 6.61 Å². The maximum atomic E-state index is 8.47. The van der Waals surface area contributed by atoms with Gasteiger partial charge in [0.25, 0.3) is 0 Å². The molecule has 3 nitrogen and oxygen atoms in total.